The number of benzene rings is 3. The number of halogens is 3. The second kappa shape index (κ2) is 12.7. The van der Waals surface area contributed by atoms with Crippen LogP contribution < -0.4 is 4.74 Å². The smallest absolute Gasteiger partial charge is 0.410 e. The van der Waals surface area contributed by atoms with Crippen LogP contribution in [0.4, 0.5) is 4.79 Å². The highest BCUT2D eigenvalue weighted by Gasteiger charge is 2.37. The summed E-state index contributed by atoms with van der Waals surface area (Å²) < 4.78 is 12.5. The summed E-state index contributed by atoms with van der Waals surface area (Å²) >= 11 is 15.6. The molecule has 0 spiro atoms. The van der Waals surface area contributed by atoms with Crippen molar-refractivity contribution in [2.75, 3.05) is 13.1 Å². The Kier molecular flexibility index (Phi) is 9.35. The van der Waals surface area contributed by atoms with Crippen LogP contribution in [0.2, 0.25) is 10.0 Å². The number of nitrogens with zero attached hydrogens (tertiary/aromatic N) is 2. The second-order valence-corrected chi connectivity index (χ2v) is 10.5. The zero-order chi connectivity index (χ0) is 26.4. The van der Waals surface area contributed by atoms with E-state index in [-0.39, 0.29) is 12.5 Å². The molecule has 1 aliphatic rings. The zero-order valence-corrected chi connectivity index (χ0v) is 23.4. The maximum atomic E-state index is 13.6. The zero-order valence-electron chi connectivity index (χ0n) is 20.3. The lowest BCUT2D eigenvalue weighted by atomic mass is 10.1. The summed E-state index contributed by atoms with van der Waals surface area (Å²) in [5.41, 5.74) is 1.68. The molecule has 1 aliphatic heterocycles. The van der Waals surface area contributed by atoms with E-state index in [4.69, 9.17) is 32.7 Å². The van der Waals surface area contributed by atoms with Crippen LogP contribution in [0.25, 0.3) is 0 Å². The number of ether oxygens (including phenoxy) is 2. The van der Waals surface area contributed by atoms with Crippen molar-refractivity contribution < 1.29 is 19.1 Å². The van der Waals surface area contributed by atoms with E-state index in [1.54, 1.807) is 41.3 Å². The van der Waals surface area contributed by atoms with E-state index >= 15 is 0 Å². The summed E-state index contributed by atoms with van der Waals surface area (Å²) in [6.07, 6.45) is 0.859. The molecule has 37 heavy (non-hydrogen) atoms. The van der Waals surface area contributed by atoms with Gasteiger partial charge in [0.15, 0.2) is 0 Å². The number of carbonyl (C=O) groups excluding carboxylic acids is 2. The summed E-state index contributed by atoms with van der Waals surface area (Å²) in [6, 6.07) is 19.4. The monoisotopic (exact) mass is 604 g/mol. The minimum atomic E-state index is -0.565. The minimum absolute atomic E-state index is 0.118. The van der Waals surface area contributed by atoms with Gasteiger partial charge in [-0.15, -0.1) is 0 Å². The average Bonchev–Trinajstić information content (AvgIpc) is 3.39. The Morgan fingerprint density at radius 2 is 1.73 bits per heavy atom. The van der Waals surface area contributed by atoms with Crippen LogP contribution in [0.5, 0.6) is 11.5 Å². The molecule has 3 aromatic carbocycles. The molecular weight excluding hydrogens is 579 g/mol. The van der Waals surface area contributed by atoms with Crippen LogP contribution in [0, 0.1) is 0 Å². The molecule has 0 bridgehead atoms. The Morgan fingerprint density at radius 3 is 2.43 bits per heavy atom. The standard InChI is InChI=1S/C28H27BrCl2N2O4/c1-2-32(17-20-7-10-23(31)16-26(20)37-24-13-11-22(30)12-14-24)27(34)25-4-3-15-33(25)28(35)36-18-19-5-8-21(29)9-6-19/h5-14,16,25H,2-4,15,17-18H2,1H3/t25-/m0/s1. The summed E-state index contributed by atoms with van der Waals surface area (Å²) in [5.74, 6) is 1.05. The first-order chi connectivity index (χ1) is 17.8. The van der Waals surface area contributed by atoms with Crippen LogP contribution in [0.3, 0.4) is 0 Å². The van der Waals surface area contributed by atoms with E-state index in [0.29, 0.717) is 47.6 Å². The van der Waals surface area contributed by atoms with Crippen LogP contribution in [-0.4, -0.2) is 40.9 Å². The fourth-order valence-corrected chi connectivity index (χ4v) is 4.75. The van der Waals surface area contributed by atoms with Crippen molar-refractivity contribution in [1.29, 1.82) is 0 Å². The van der Waals surface area contributed by atoms with E-state index in [0.717, 1.165) is 22.0 Å². The van der Waals surface area contributed by atoms with Gasteiger partial charge in [-0.25, -0.2) is 4.79 Å². The molecule has 4 rings (SSSR count). The first-order valence-electron chi connectivity index (χ1n) is 12.0. The number of likely N-dealkylation sites (tertiary alicyclic amines) is 1. The van der Waals surface area contributed by atoms with Gasteiger partial charge in [-0.3, -0.25) is 9.69 Å². The van der Waals surface area contributed by atoms with Crippen molar-refractivity contribution in [1.82, 2.24) is 9.80 Å². The van der Waals surface area contributed by atoms with Gasteiger partial charge in [-0.05, 0) is 73.9 Å². The molecule has 0 N–H and O–H groups in total. The van der Waals surface area contributed by atoms with Gasteiger partial charge in [0, 0.05) is 39.7 Å². The van der Waals surface area contributed by atoms with Gasteiger partial charge in [0.25, 0.3) is 0 Å². The molecule has 3 aromatic rings. The predicted octanol–water partition coefficient (Wildman–Crippen LogP) is 7.70. The van der Waals surface area contributed by atoms with Gasteiger partial charge >= 0.3 is 6.09 Å². The summed E-state index contributed by atoms with van der Waals surface area (Å²) in [4.78, 5) is 29.7. The molecule has 0 saturated carbocycles. The van der Waals surface area contributed by atoms with Crippen LogP contribution in [-0.2, 0) is 22.7 Å². The lowest BCUT2D eigenvalue weighted by Gasteiger charge is -2.29. The fourth-order valence-electron chi connectivity index (χ4n) is 4.20. The van der Waals surface area contributed by atoms with Gasteiger partial charge in [0.2, 0.25) is 5.91 Å². The van der Waals surface area contributed by atoms with Crippen LogP contribution in [0.1, 0.15) is 30.9 Å². The van der Waals surface area contributed by atoms with Crippen molar-refractivity contribution in [2.24, 2.45) is 0 Å². The van der Waals surface area contributed by atoms with Gasteiger partial charge in [0.05, 0.1) is 0 Å². The molecular formula is C28H27BrCl2N2O4. The van der Waals surface area contributed by atoms with Gasteiger partial charge in [-0.2, -0.15) is 0 Å². The summed E-state index contributed by atoms with van der Waals surface area (Å²) in [6.45, 7) is 3.34. The van der Waals surface area contributed by atoms with E-state index in [1.165, 1.54) is 4.90 Å². The molecule has 1 atom stereocenters. The number of likely N-dealkylation sites (N-methyl/N-ethyl adjacent to an activating group) is 1. The van der Waals surface area contributed by atoms with E-state index < -0.39 is 12.1 Å². The number of amides is 2. The maximum absolute atomic E-state index is 13.6. The molecule has 6 nitrogen and oxygen atoms in total. The molecule has 0 radical (unpaired) electrons. The Hall–Kier alpha value is -2.74. The third kappa shape index (κ3) is 7.18. The molecule has 1 fully saturated rings. The highest BCUT2D eigenvalue weighted by Crippen LogP contribution is 2.31. The van der Waals surface area contributed by atoms with Crippen molar-refractivity contribution in [3.05, 3.63) is 92.4 Å². The van der Waals surface area contributed by atoms with E-state index in [2.05, 4.69) is 15.9 Å². The van der Waals surface area contributed by atoms with Gasteiger partial charge < -0.3 is 14.4 Å². The Bertz CT molecular complexity index is 1240. The number of hydrogen-bond acceptors (Lipinski definition) is 4. The molecule has 0 aromatic heterocycles. The van der Waals surface area contributed by atoms with Crippen LogP contribution >= 0.6 is 39.1 Å². The molecule has 0 aliphatic carbocycles. The molecule has 2 amide bonds. The summed E-state index contributed by atoms with van der Waals surface area (Å²) in [7, 11) is 0. The van der Waals surface area contributed by atoms with E-state index in [1.807, 2.05) is 37.3 Å². The average molecular weight is 606 g/mol. The largest absolute Gasteiger partial charge is 0.457 e. The number of hydrogen-bond donors (Lipinski definition) is 0. The lowest BCUT2D eigenvalue weighted by Crippen LogP contribution is -2.47. The predicted molar refractivity (Wildman–Crippen MR) is 148 cm³/mol. The topological polar surface area (TPSA) is 59.1 Å². The first kappa shape index (κ1) is 27.3. The normalized spacial score (nSPS) is 14.9. The van der Waals surface area contributed by atoms with Gasteiger partial charge in [-0.1, -0.05) is 57.3 Å². The first-order valence-corrected chi connectivity index (χ1v) is 13.6. The minimum Gasteiger partial charge on any atom is -0.457 e. The summed E-state index contributed by atoms with van der Waals surface area (Å²) in [5, 5.41) is 1.13. The number of carbonyl (C=O) groups is 2. The molecule has 9 heteroatoms. The van der Waals surface area contributed by atoms with E-state index in [9.17, 15) is 9.59 Å². The van der Waals surface area contributed by atoms with Gasteiger partial charge in [0.1, 0.15) is 24.1 Å². The molecule has 194 valence electrons. The van der Waals surface area contributed by atoms with Crippen LogP contribution in [0.15, 0.2) is 71.2 Å². The maximum Gasteiger partial charge on any atom is 0.410 e. The van der Waals surface area contributed by atoms with Crippen molar-refractivity contribution >= 4 is 51.1 Å². The van der Waals surface area contributed by atoms with Crippen molar-refractivity contribution in [2.45, 2.75) is 39.0 Å². The highest BCUT2D eigenvalue weighted by atomic mass is 79.9. The number of rotatable bonds is 8. The van der Waals surface area contributed by atoms with Crippen molar-refractivity contribution in [3.63, 3.8) is 0 Å². The lowest BCUT2D eigenvalue weighted by molar-refractivity contribution is -0.136. The third-order valence-electron chi connectivity index (χ3n) is 6.17. The quantitative estimate of drug-likeness (QED) is 0.264. The second-order valence-electron chi connectivity index (χ2n) is 8.69. The Labute approximate surface area is 235 Å². The molecule has 1 saturated heterocycles. The SMILES string of the molecule is CCN(Cc1ccc(Cl)cc1Oc1ccc(Cl)cc1)C(=O)[C@@H]1CCCN1C(=O)OCc1ccc(Br)cc1. The highest BCUT2D eigenvalue weighted by molar-refractivity contribution is 9.10. The Balaban J connectivity index is 1.44. The molecule has 1 heterocycles. The Morgan fingerprint density at radius 1 is 1.03 bits per heavy atom. The van der Waals surface area contributed by atoms with Crippen molar-refractivity contribution in [3.8, 4) is 11.5 Å². The fraction of sp³-hybridized carbons (Fsp3) is 0.286. The third-order valence-corrected chi connectivity index (χ3v) is 7.19. The molecule has 0 unspecified atom stereocenters.